The Balaban J connectivity index is 1.66. The average molecular weight is 280 g/mol. The molecule has 0 saturated heterocycles. The van der Waals surface area contributed by atoms with Crippen molar-refractivity contribution in [3.63, 3.8) is 0 Å². The number of fused-ring (bicyclic) bond motifs is 1. The summed E-state index contributed by atoms with van der Waals surface area (Å²) in [5.41, 5.74) is 2.00. The van der Waals surface area contributed by atoms with Gasteiger partial charge in [0, 0.05) is 18.0 Å². The molecule has 0 bridgehead atoms. The molecule has 0 amide bonds. The van der Waals surface area contributed by atoms with Gasteiger partial charge in [0.2, 0.25) is 0 Å². The van der Waals surface area contributed by atoms with E-state index < -0.39 is 0 Å². The van der Waals surface area contributed by atoms with Crippen LogP contribution in [0, 0.1) is 0 Å². The highest BCUT2D eigenvalue weighted by Crippen LogP contribution is 2.18. The lowest BCUT2D eigenvalue weighted by atomic mass is 10.1. The zero-order valence-corrected chi connectivity index (χ0v) is 11.8. The number of ether oxygens (including phenoxy) is 2. The number of rotatable bonds is 5. The molecule has 0 aliphatic carbocycles. The minimum absolute atomic E-state index is 0.406. The molecule has 3 rings (SSSR count). The van der Waals surface area contributed by atoms with Crippen molar-refractivity contribution in [2.75, 3.05) is 13.7 Å². The van der Waals surface area contributed by atoms with Crippen molar-refractivity contribution in [2.24, 2.45) is 0 Å². The van der Waals surface area contributed by atoms with E-state index in [0.717, 1.165) is 28.6 Å². The first-order valence-corrected chi connectivity index (χ1v) is 6.83. The molecule has 0 fully saturated rings. The quantitative estimate of drug-likeness (QED) is 0.719. The number of para-hydroxylation sites is 2. The molecule has 106 valence electrons. The average Bonchev–Trinajstić information content (AvgIpc) is 2.55. The van der Waals surface area contributed by atoms with E-state index in [9.17, 15) is 0 Å². The Labute approximate surface area is 123 Å². The van der Waals surface area contributed by atoms with Crippen LogP contribution in [0.4, 0.5) is 0 Å². The molecular weight excluding hydrogens is 264 g/mol. The van der Waals surface area contributed by atoms with Crippen molar-refractivity contribution in [1.82, 2.24) is 9.97 Å². The number of nitrogens with zero attached hydrogens (tertiary/aromatic N) is 2. The van der Waals surface area contributed by atoms with Crippen LogP contribution in [0.2, 0.25) is 0 Å². The maximum atomic E-state index is 5.64. The summed E-state index contributed by atoms with van der Waals surface area (Å²) in [6.45, 7) is 0.513. The van der Waals surface area contributed by atoms with E-state index in [1.54, 1.807) is 13.3 Å². The Bertz CT molecular complexity index is 743. The van der Waals surface area contributed by atoms with E-state index in [0.29, 0.717) is 12.6 Å². The summed E-state index contributed by atoms with van der Waals surface area (Å²) in [4.78, 5) is 8.60. The number of methoxy groups -OCH3 is 1. The standard InChI is InChI=1S/C17H16N2O2/c1-20-16-9-5-3-6-13(16)10-11-21-17-18-12-14-7-2-4-8-15(14)19-17/h2-9,12H,10-11H2,1H3. The van der Waals surface area contributed by atoms with Crippen molar-refractivity contribution in [3.8, 4) is 11.8 Å². The molecule has 4 heteroatoms. The van der Waals surface area contributed by atoms with E-state index in [2.05, 4.69) is 9.97 Å². The van der Waals surface area contributed by atoms with Crippen molar-refractivity contribution in [2.45, 2.75) is 6.42 Å². The summed E-state index contributed by atoms with van der Waals surface area (Å²) in [6.07, 6.45) is 2.53. The third-order valence-electron chi connectivity index (χ3n) is 3.26. The van der Waals surface area contributed by atoms with Gasteiger partial charge >= 0.3 is 6.01 Å². The fourth-order valence-corrected chi connectivity index (χ4v) is 2.19. The third-order valence-corrected chi connectivity index (χ3v) is 3.26. The fourth-order valence-electron chi connectivity index (χ4n) is 2.19. The van der Waals surface area contributed by atoms with Gasteiger partial charge < -0.3 is 9.47 Å². The van der Waals surface area contributed by atoms with Crippen LogP contribution in [0.5, 0.6) is 11.8 Å². The maximum Gasteiger partial charge on any atom is 0.316 e. The maximum absolute atomic E-state index is 5.64. The summed E-state index contributed by atoms with van der Waals surface area (Å²) < 4.78 is 11.0. The summed E-state index contributed by atoms with van der Waals surface area (Å²) in [5, 5.41) is 1.01. The Kier molecular flexibility index (Phi) is 3.96. The second-order valence-corrected chi connectivity index (χ2v) is 4.62. The monoisotopic (exact) mass is 280 g/mol. The van der Waals surface area contributed by atoms with Crippen LogP contribution in [0.15, 0.2) is 54.7 Å². The van der Waals surface area contributed by atoms with Crippen LogP contribution in [-0.2, 0) is 6.42 Å². The number of hydrogen-bond acceptors (Lipinski definition) is 4. The largest absolute Gasteiger partial charge is 0.496 e. The first kappa shape index (κ1) is 13.4. The predicted molar refractivity (Wildman–Crippen MR) is 81.7 cm³/mol. The van der Waals surface area contributed by atoms with Crippen LogP contribution in [0.1, 0.15) is 5.56 Å². The lowest BCUT2D eigenvalue weighted by Crippen LogP contribution is -2.05. The van der Waals surface area contributed by atoms with Gasteiger partial charge in [0.25, 0.3) is 0 Å². The molecule has 3 aromatic rings. The second kappa shape index (κ2) is 6.22. The Hall–Kier alpha value is -2.62. The van der Waals surface area contributed by atoms with Crippen LogP contribution < -0.4 is 9.47 Å². The summed E-state index contributed by atoms with van der Waals surface area (Å²) in [6, 6.07) is 16.2. The molecule has 1 heterocycles. The van der Waals surface area contributed by atoms with Gasteiger partial charge in [-0.3, -0.25) is 0 Å². The molecule has 0 unspecified atom stereocenters. The molecule has 0 saturated carbocycles. The van der Waals surface area contributed by atoms with Gasteiger partial charge in [-0.05, 0) is 17.7 Å². The number of benzene rings is 2. The van der Waals surface area contributed by atoms with Crippen LogP contribution in [-0.4, -0.2) is 23.7 Å². The molecule has 0 radical (unpaired) electrons. The smallest absolute Gasteiger partial charge is 0.316 e. The van der Waals surface area contributed by atoms with Crippen molar-refractivity contribution >= 4 is 10.9 Å². The molecule has 0 spiro atoms. The molecule has 0 atom stereocenters. The predicted octanol–water partition coefficient (Wildman–Crippen LogP) is 3.26. The van der Waals surface area contributed by atoms with E-state index in [1.165, 1.54) is 0 Å². The van der Waals surface area contributed by atoms with Gasteiger partial charge in [-0.1, -0.05) is 36.4 Å². The normalized spacial score (nSPS) is 10.5. The summed E-state index contributed by atoms with van der Waals surface area (Å²) in [7, 11) is 1.67. The van der Waals surface area contributed by atoms with Crippen molar-refractivity contribution in [3.05, 3.63) is 60.3 Å². The van der Waals surface area contributed by atoms with Crippen molar-refractivity contribution in [1.29, 1.82) is 0 Å². The molecule has 1 aromatic heterocycles. The minimum Gasteiger partial charge on any atom is -0.496 e. The SMILES string of the molecule is COc1ccccc1CCOc1ncc2ccccc2n1. The zero-order valence-electron chi connectivity index (χ0n) is 11.8. The van der Waals surface area contributed by atoms with Gasteiger partial charge in [-0.2, -0.15) is 4.98 Å². The van der Waals surface area contributed by atoms with E-state index in [-0.39, 0.29) is 0 Å². The number of aromatic nitrogens is 2. The van der Waals surface area contributed by atoms with Crippen LogP contribution in [0.3, 0.4) is 0 Å². The lowest BCUT2D eigenvalue weighted by molar-refractivity contribution is 0.295. The fraction of sp³-hybridized carbons (Fsp3) is 0.176. The molecule has 0 aliphatic rings. The van der Waals surface area contributed by atoms with Crippen molar-refractivity contribution < 1.29 is 9.47 Å². The second-order valence-electron chi connectivity index (χ2n) is 4.62. The highest BCUT2D eigenvalue weighted by atomic mass is 16.5. The van der Waals surface area contributed by atoms with Gasteiger partial charge in [-0.15, -0.1) is 0 Å². The van der Waals surface area contributed by atoms with E-state index >= 15 is 0 Å². The molecule has 0 aliphatic heterocycles. The highest BCUT2D eigenvalue weighted by molar-refractivity contribution is 5.77. The molecule has 21 heavy (non-hydrogen) atoms. The summed E-state index contributed by atoms with van der Waals surface area (Å²) >= 11 is 0. The van der Waals surface area contributed by atoms with Gasteiger partial charge in [0.05, 0.1) is 19.2 Å². The molecule has 2 aromatic carbocycles. The topological polar surface area (TPSA) is 44.2 Å². The lowest BCUT2D eigenvalue weighted by Gasteiger charge is -2.08. The Morgan fingerprint density at radius 1 is 1.00 bits per heavy atom. The third kappa shape index (κ3) is 3.11. The summed E-state index contributed by atoms with van der Waals surface area (Å²) in [5.74, 6) is 0.875. The Morgan fingerprint density at radius 3 is 2.71 bits per heavy atom. The van der Waals surface area contributed by atoms with E-state index in [4.69, 9.17) is 9.47 Å². The first-order chi connectivity index (χ1) is 10.4. The molecule has 4 nitrogen and oxygen atoms in total. The number of hydrogen-bond donors (Lipinski definition) is 0. The van der Waals surface area contributed by atoms with Gasteiger partial charge in [0.15, 0.2) is 0 Å². The minimum atomic E-state index is 0.406. The van der Waals surface area contributed by atoms with E-state index in [1.807, 2.05) is 48.5 Å². The van der Waals surface area contributed by atoms with Crippen LogP contribution in [0.25, 0.3) is 10.9 Å². The Morgan fingerprint density at radius 2 is 1.81 bits per heavy atom. The molecule has 0 N–H and O–H groups in total. The highest BCUT2D eigenvalue weighted by Gasteiger charge is 2.04. The van der Waals surface area contributed by atoms with Crippen LogP contribution >= 0.6 is 0 Å². The molecular formula is C17H16N2O2. The zero-order chi connectivity index (χ0) is 14.5. The van der Waals surface area contributed by atoms with Gasteiger partial charge in [-0.25, -0.2) is 4.98 Å². The first-order valence-electron chi connectivity index (χ1n) is 6.83. The van der Waals surface area contributed by atoms with Gasteiger partial charge in [0.1, 0.15) is 5.75 Å².